The number of ether oxygens (including phenoxy) is 6. The Bertz CT molecular complexity index is 928. The van der Waals surface area contributed by atoms with Crippen molar-refractivity contribution < 1.29 is 57.8 Å². The summed E-state index contributed by atoms with van der Waals surface area (Å²) in [6, 6.07) is 0. The lowest BCUT2D eigenvalue weighted by Gasteiger charge is -2.29. The summed E-state index contributed by atoms with van der Waals surface area (Å²) in [6.45, 7) is 18.1. The van der Waals surface area contributed by atoms with Crippen LogP contribution in [0.25, 0.3) is 0 Å². The Morgan fingerprint density at radius 2 is 0.800 bits per heavy atom. The van der Waals surface area contributed by atoms with Crippen LogP contribution in [0.2, 0.25) is 0 Å². The minimum atomic E-state index is -1.05. The maximum Gasteiger partial charge on any atom is 0.309 e. The third-order valence-electron chi connectivity index (χ3n) is 10.4. The van der Waals surface area contributed by atoms with Gasteiger partial charge in [0.2, 0.25) is 0 Å². The first-order valence-corrected chi connectivity index (χ1v) is 24.0. The van der Waals surface area contributed by atoms with E-state index in [-0.39, 0.29) is 38.0 Å². The van der Waals surface area contributed by atoms with Gasteiger partial charge >= 0.3 is 23.9 Å². The molecule has 0 radical (unpaired) electrons. The molecular formula is C48H92O12. The molecule has 0 saturated heterocycles. The number of carbonyl (C=O) groups is 4. The van der Waals surface area contributed by atoms with Crippen molar-refractivity contribution in [1.29, 1.82) is 0 Å². The number of hydrogen-bond acceptors (Lipinski definition) is 10. The maximum atomic E-state index is 12.1. The molecule has 0 saturated carbocycles. The van der Waals surface area contributed by atoms with E-state index in [1.165, 1.54) is 51.4 Å². The Labute approximate surface area is 366 Å². The molecule has 2 N–H and O–H groups in total. The van der Waals surface area contributed by atoms with Crippen molar-refractivity contribution >= 4 is 23.9 Å². The highest BCUT2D eigenvalue weighted by Gasteiger charge is 2.37. The molecule has 0 bridgehead atoms. The summed E-state index contributed by atoms with van der Waals surface area (Å²) in [5.41, 5.74) is -1.05. The quantitative estimate of drug-likeness (QED) is 0.0441. The fourth-order valence-corrected chi connectivity index (χ4v) is 6.37. The molecule has 0 aliphatic rings. The van der Waals surface area contributed by atoms with Crippen LogP contribution >= 0.6 is 0 Å². The molecule has 0 aliphatic heterocycles. The van der Waals surface area contributed by atoms with E-state index in [0.717, 1.165) is 63.2 Å². The summed E-state index contributed by atoms with van der Waals surface area (Å²) in [4.78, 5) is 46.3. The van der Waals surface area contributed by atoms with Crippen LogP contribution in [0.3, 0.4) is 0 Å². The molecule has 0 amide bonds. The van der Waals surface area contributed by atoms with Gasteiger partial charge in [-0.05, 0) is 76.0 Å². The number of carbonyl (C=O) groups excluding carboxylic acids is 2. The van der Waals surface area contributed by atoms with E-state index in [2.05, 4.69) is 41.5 Å². The molecule has 0 rings (SSSR count). The molecule has 0 heterocycles. The van der Waals surface area contributed by atoms with E-state index in [1.54, 1.807) is 0 Å². The molecule has 0 aromatic carbocycles. The van der Waals surface area contributed by atoms with Gasteiger partial charge in [-0.25, -0.2) is 0 Å². The van der Waals surface area contributed by atoms with Gasteiger partial charge in [-0.1, -0.05) is 119 Å². The normalized spacial score (nSPS) is 11.5. The molecule has 356 valence electrons. The van der Waals surface area contributed by atoms with Crippen molar-refractivity contribution in [1.82, 2.24) is 0 Å². The average Bonchev–Trinajstić information content (AvgIpc) is 3.20. The van der Waals surface area contributed by atoms with E-state index >= 15 is 0 Å². The Kier molecular flexibility index (Phi) is 44.6. The van der Waals surface area contributed by atoms with Crippen LogP contribution < -0.4 is 0 Å². The van der Waals surface area contributed by atoms with Crippen molar-refractivity contribution in [3.63, 3.8) is 0 Å². The third kappa shape index (κ3) is 43.8. The summed E-state index contributed by atoms with van der Waals surface area (Å²) < 4.78 is 32.5. The maximum absolute atomic E-state index is 12.1. The predicted octanol–water partition coefficient (Wildman–Crippen LogP) is 11.4. The number of hydrogen-bond donors (Lipinski definition) is 2. The second kappa shape index (κ2) is 44.8. The lowest BCUT2D eigenvalue weighted by molar-refractivity contribution is -0.153. The van der Waals surface area contributed by atoms with Crippen LogP contribution in [0.15, 0.2) is 0 Å². The highest BCUT2D eigenvalue weighted by atomic mass is 16.5. The van der Waals surface area contributed by atoms with E-state index in [0.29, 0.717) is 97.8 Å². The molecule has 0 fully saturated rings. The second-order valence-electron chi connectivity index (χ2n) is 17.0. The monoisotopic (exact) mass is 861 g/mol. The fourth-order valence-electron chi connectivity index (χ4n) is 6.37. The van der Waals surface area contributed by atoms with Crippen molar-refractivity contribution in [3.8, 4) is 0 Å². The van der Waals surface area contributed by atoms with Crippen LogP contribution in [-0.4, -0.2) is 100 Å². The number of carboxylic acid groups (broad SMARTS) is 2. The SMILES string of the molecule is CC(C)CCCCCCCOC(=O)CCCCC(=O)OCCCCCCCC(C)C.CCCCOCCOCCC(CCCC(=O)O)(CCOCCOCCCC)C(=O)O. The first-order valence-electron chi connectivity index (χ1n) is 24.0. The lowest BCUT2D eigenvalue weighted by Crippen LogP contribution is -2.34. The molecule has 0 atom stereocenters. The molecule has 0 aromatic rings. The highest BCUT2D eigenvalue weighted by Crippen LogP contribution is 2.34. The van der Waals surface area contributed by atoms with Crippen molar-refractivity contribution in [2.45, 2.75) is 202 Å². The van der Waals surface area contributed by atoms with Gasteiger partial charge in [-0.15, -0.1) is 0 Å². The second-order valence-corrected chi connectivity index (χ2v) is 17.0. The van der Waals surface area contributed by atoms with E-state index in [4.69, 9.17) is 33.5 Å². The fraction of sp³-hybridized carbons (Fsp3) is 0.917. The summed E-state index contributed by atoms with van der Waals surface area (Å²) in [5, 5.41) is 18.8. The third-order valence-corrected chi connectivity index (χ3v) is 10.4. The van der Waals surface area contributed by atoms with Crippen molar-refractivity contribution in [2.75, 3.05) is 66.1 Å². The van der Waals surface area contributed by atoms with Crippen LogP contribution in [0.4, 0.5) is 0 Å². The Morgan fingerprint density at radius 3 is 1.17 bits per heavy atom. The Balaban J connectivity index is 0. The zero-order chi connectivity index (χ0) is 45.0. The minimum Gasteiger partial charge on any atom is -0.481 e. The van der Waals surface area contributed by atoms with Crippen LogP contribution in [0.5, 0.6) is 0 Å². The topological polar surface area (TPSA) is 164 Å². The smallest absolute Gasteiger partial charge is 0.309 e. The molecule has 0 aliphatic carbocycles. The number of unbranched alkanes of at least 4 members (excludes halogenated alkanes) is 11. The zero-order valence-electron chi connectivity index (χ0n) is 39.4. The van der Waals surface area contributed by atoms with Gasteiger partial charge in [0.15, 0.2) is 0 Å². The van der Waals surface area contributed by atoms with Crippen LogP contribution in [0.1, 0.15) is 202 Å². The lowest BCUT2D eigenvalue weighted by atomic mass is 9.77. The van der Waals surface area contributed by atoms with E-state index in [1.807, 2.05) is 0 Å². The largest absolute Gasteiger partial charge is 0.481 e. The van der Waals surface area contributed by atoms with Gasteiger partial charge in [0.1, 0.15) is 0 Å². The molecule has 12 nitrogen and oxygen atoms in total. The summed E-state index contributed by atoms with van der Waals surface area (Å²) >= 11 is 0. The minimum absolute atomic E-state index is 0.0483. The van der Waals surface area contributed by atoms with E-state index in [9.17, 15) is 24.3 Å². The Morgan fingerprint density at radius 1 is 0.417 bits per heavy atom. The van der Waals surface area contributed by atoms with Gasteiger partial charge in [0.05, 0.1) is 45.1 Å². The van der Waals surface area contributed by atoms with Gasteiger partial charge in [-0.2, -0.15) is 0 Å². The summed E-state index contributed by atoms with van der Waals surface area (Å²) in [5.74, 6) is -0.542. The number of rotatable bonds is 44. The molecule has 60 heavy (non-hydrogen) atoms. The van der Waals surface area contributed by atoms with Crippen molar-refractivity contribution in [2.24, 2.45) is 17.3 Å². The first kappa shape index (κ1) is 59.8. The van der Waals surface area contributed by atoms with Crippen LogP contribution in [0, 0.1) is 17.3 Å². The summed E-state index contributed by atoms with van der Waals surface area (Å²) in [6.07, 6.45) is 21.9. The number of esters is 2. The van der Waals surface area contributed by atoms with Gasteiger partial charge in [0.25, 0.3) is 0 Å². The zero-order valence-corrected chi connectivity index (χ0v) is 39.4. The standard InChI is InChI=1S/C26H50O4.C22H42O8/c1-23(2)17-11-7-5-9-15-21-29-25(27)19-13-14-20-26(28)30-22-16-10-6-8-12-18-24(3)4;1-3-5-12-27-16-18-29-14-10-22(21(25)26,9-7-8-20(23)24)11-15-30-19-17-28-13-6-4-2/h23-24H,5-22H2,1-4H3;3-19H2,1-2H3,(H,23,24)(H,25,26). The highest BCUT2D eigenvalue weighted by molar-refractivity contribution is 5.75. The van der Waals surface area contributed by atoms with Crippen LogP contribution in [-0.2, 0) is 47.6 Å². The number of aliphatic carboxylic acids is 2. The van der Waals surface area contributed by atoms with Gasteiger partial charge in [0, 0.05) is 45.7 Å². The van der Waals surface area contributed by atoms with Gasteiger partial charge < -0.3 is 38.6 Å². The van der Waals surface area contributed by atoms with E-state index < -0.39 is 17.4 Å². The molecule has 12 heteroatoms. The summed E-state index contributed by atoms with van der Waals surface area (Å²) in [7, 11) is 0. The molecule has 0 aromatic heterocycles. The molecule has 0 spiro atoms. The molecule has 0 unspecified atom stereocenters. The van der Waals surface area contributed by atoms with Crippen molar-refractivity contribution in [3.05, 3.63) is 0 Å². The molecular weight excluding hydrogens is 769 g/mol. The van der Waals surface area contributed by atoms with Gasteiger partial charge in [-0.3, -0.25) is 19.2 Å². The predicted molar refractivity (Wildman–Crippen MR) is 239 cm³/mol. The first-order chi connectivity index (χ1) is 28.9. The average molecular weight is 861 g/mol. The number of carboxylic acids is 2. The Hall–Kier alpha value is -2.28.